The monoisotopic (exact) mass is 164 g/mol. The SMILES string of the molecule is Cc1ncc(C#CCC(=O)O)[nH]1. The molecule has 0 unspecified atom stereocenters. The zero-order valence-electron chi connectivity index (χ0n) is 6.59. The van der Waals surface area contributed by atoms with Crippen molar-refractivity contribution in [3.8, 4) is 11.8 Å². The van der Waals surface area contributed by atoms with Crippen LogP contribution in [0.3, 0.4) is 0 Å². The van der Waals surface area contributed by atoms with Gasteiger partial charge < -0.3 is 10.1 Å². The van der Waals surface area contributed by atoms with E-state index < -0.39 is 5.97 Å². The molecule has 1 rings (SSSR count). The van der Waals surface area contributed by atoms with Crippen molar-refractivity contribution < 1.29 is 9.90 Å². The number of aliphatic carboxylic acids is 1. The molecule has 0 saturated carbocycles. The quantitative estimate of drug-likeness (QED) is 0.595. The van der Waals surface area contributed by atoms with Gasteiger partial charge in [-0.25, -0.2) is 4.98 Å². The van der Waals surface area contributed by atoms with E-state index in [4.69, 9.17) is 5.11 Å². The van der Waals surface area contributed by atoms with Gasteiger partial charge in [0.05, 0.1) is 6.20 Å². The first kappa shape index (κ1) is 8.34. The van der Waals surface area contributed by atoms with Gasteiger partial charge >= 0.3 is 5.97 Å². The summed E-state index contributed by atoms with van der Waals surface area (Å²) in [6, 6.07) is 0. The molecule has 2 N–H and O–H groups in total. The molecule has 0 aliphatic heterocycles. The lowest BCUT2D eigenvalue weighted by molar-refractivity contribution is -0.135. The zero-order chi connectivity index (χ0) is 8.97. The molecule has 0 aliphatic carbocycles. The Morgan fingerprint density at radius 1 is 1.83 bits per heavy atom. The van der Waals surface area contributed by atoms with Crippen LogP contribution in [0.15, 0.2) is 6.20 Å². The van der Waals surface area contributed by atoms with E-state index in [-0.39, 0.29) is 6.42 Å². The van der Waals surface area contributed by atoms with Gasteiger partial charge in [0.25, 0.3) is 0 Å². The molecule has 0 atom stereocenters. The Morgan fingerprint density at radius 2 is 2.58 bits per heavy atom. The number of hydrogen-bond acceptors (Lipinski definition) is 2. The molecule has 1 aromatic heterocycles. The molecule has 0 saturated heterocycles. The minimum atomic E-state index is -0.918. The van der Waals surface area contributed by atoms with E-state index in [9.17, 15) is 4.79 Å². The number of nitrogens with one attached hydrogen (secondary N) is 1. The highest BCUT2D eigenvalue weighted by Crippen LogP contribution is 1.92. The third kappa shape index (κ3) is 2.46. The van der Waals surface area contributed by atoms with E-state index in [1.807, 2.05) is 6.92 Å². The average molecular weight is 164 g/mol. The van der Waals surface area contributed by atoms with Gasteiger partial charge in [-0.1, -0.05) is 5.92 Å². The Kier molecular flexibility index (Phi) is 2.49. The van der Waals surface area contributed by atoms with Crippen molar-refractivity contribution in [3.63, 3.8) is 0 Å². The molecule has 0 radical (unpaired) electrons. The fourth-order valence-corrected chi connectivity index (χ4v) is 0.699. The molecular formula is C8H8N2O2. The number of H-pyrrole nitrogens is 1. The van der Waals surface area contributed by atoms with E-state index in [0.29, 0.717) is 5.69 Å². The van der Waals surface area contributed by atoms with E-state index >= 15 is 0 Å². The van der Waals surface area contributed by atoms with Crippen molar-refractivity contribution in [1.82, 2.24) is 9.97 Å². The molecule has 12 heavy (non-hydrogen) atoms. The predicted octanol–water partition coefficient (Wildman–Crippen LogP) is 0.544. The standard InChI is InChI=1S/C8H8N2O2/c1-6-9-5-7(10-6)3-2-4-8(11)12/h5H,4H2,1H3,(H,9,10)(H,11,12). The Hall–Kier alpha value is -1.76. The van der Waals surface area contributed by atoms with Gasteiger partial charge in [-0.05, 0) is 12.8 Å². The summed E-state index contributed by atoms with van der Waals surface area (Å²) >= 11 is 0. The predicted molar refractivity (Wildman–Crippen MR) is 42.5 cm³/mol. The summed E-state index contributed by atoms with van der Waals surface area (Å²) < 4.78 is 0. The van der Waals surface area contributed by atoms with Crippen LogP contribution in [-0.2, 0) is 4.79 Å². The molecule has 62 valence electrons. The molecule has 1 heterocycles. The van der Waals surface area contributed by atoms with Gasteiger partial charge in [0, 0.05) is 0 Å². The van der Waals surface area contributed by atoms with Crippen LogP contribution in [0.4, 0.5) is 0 Å². The Morgan fingerprint density at radius 3 is 3.08 bits per heavy atom. The lowest BCUT2D eigenvalue weighted by Gasteiger charge is -1.79. The van der Waals surface area contributed by atoms with E-state index in [1.54, 1.807) is 6.20 Å². The number of carboxylic acid groups (broad SMARTS) is 1. The third-order valence-corrected chi connectivity index (χ3v) is 1.17. The second kappa shape index (κ2) is 3.58. The molecule has 0 aliphatic rings. The summed E-state index contributed by atoms with van der Waals surface area (Å²) in [5.41, 5.74) is 0.647. The number of carbonyl (C=O) groups is 1. The van der Waals surface area contributed by atoms with Crippen LogP contribution in [0.25, 0.3) is 0 Å². The first-order chi connectivity index (χ1) is 5.68. The highest BCUT2D eigenvalue weighted by atomic mass is 16.4. The second-order valence-corrected chi connectivity index (χ2v) is 2.25. The van der Waals surface area contributed by atoms with Gasteiger partial charge in [-0.2, -0.15) is 0 Å². The normalized spacial score (nSPS) is 8.75. The van der Waals surface area contributed by atoms with Gasteiger partial charge in [0.15, 0.2) is 0 Å². The third-order valence-electron chi connectivity index (χ3n) is 1.17. The molecule has 0 aromatic carbocycles. The van der Waals surface area contributed by atoms with Crippen molar-refractivity contribution in [2.24, 2.45) is 0 Å². The number of hydrogen-bond donors (Lipinski definition) is 2. The van der Waals surface area contributed by atoms with Crippen LogP contribution >= 0.6 is 0 Å². The van der Waals surface area contributed by atoms with Crippen molar-refractivity contribution in [3.05, 3.63) is 17.7 Å². The number of carboxylic acids is 1. The highest BCUT2D eigenvalue weighted by molar-refractivity contribution is 5.70. The Bertz CT molecular complexity index is 343. The maximum absolute atomic E-state index is 10.1. The number of rotatable bonds is 1. The molecular weight excluding hydrogens is 156 g/mol. The molecule has 4 nitrogen and oxygen atoms in total. The van der Waals surface area contributed by atoms with Crippen molar-refractivity contribution >= 4 is 5.97 Å². The minimum Gasteiger partial charge on any atom is -0.481 e. The molecule has 0 amide bonds. The van der Waals surface area contributed by atoms with E-state index in [2.05, 4.69) is 21.8 Å². The number of aryl methyl sites for hydroxylation is 1. The summed E-state index contributed by atoms with van der Waals surface area (Å²) in [6.07, 6.45) is 1.43. The van der Waals surface area contributed by atoms with Crippen LogP contribution in [0.1, 0.15) is 17.9 Å². The van der Waals surface area contributed by atoms with Gasteiger partial charge in [0.2, 0.25) is 0 Å². The summed E-state index contributed by atoms with van der Waals surface area (Å²) in [4.78, 5) is 16.8. The van der Waals surface area contributed by atoms with E-state index in [0.717, 1.165) is 5.82 Å². The first-order valence-electron chi connectivity index (χ1n) is 3.41. The van der Waals surface area contributed by atoms with Crippen LogP contribution in [0, 0.1) is 18.8 Å². The smallest absolute Gasteiger partial charge is 0.315 e. The lowest BCUT2D eigenvalue weighted by atomic mass is 10.4. The van der Waals surface area contributed by atoms with Gasteiger partial charge in [-0.15, -0.1) is 0 Å². The van der Waals surface area contributed by atoms with Crippen LogP contribution in [-0.4, -0.2) is 21.0 Å². The maximum atomic E-state index is 10.1. The average Bonchev–Trinajstić information content (AvgIpc) is 2.35. The largest absolute Gasteiger partial charge is 0.481 e. The molecule has 0 fully saturated rings. The summed E-state index contributed by atoms with van der Waals surface area (Å²) in [7, 11) is 0. The fourth-order valence-electron chi connectivity index (χ4n) is 0.699. The fraction of sp³-hybridized carbons (Fsp3) is 0.250. The van der Waals surface area contributed by atoms with Gasteiger partial charge in [-0.3, -0.25) is 4.79 Å². The zero-order valence-corrected chi connectivity index (χ0v) is 6.59. The maximum Gasteiger partial charge on any atom is 0.315 e. The van der Waals surface area contributed by atoms with Crippen molar-refractivity contribution in [2.45, 2.75) is 13.3 Å². The highest BCUT2D eigenvalue weighted by Gasteiger charge is 1.91. The number of aromatic nitrogens is 2. The van der Waals surface area contributed by atoms with Crippen LogP contribution in [0.5, 0.6) is 0 Å². The number of nitrogens with zero attached hydrogens (tertiary/aromatic N) is 1. The Labute approximate surface area is 69.6 Å². The van der Waals surface area contributed by atoms with Gasteiger partial charge in [0.1, 0.15) is 17.9 Å². The summed E-state index contributed by atoms with van der Waals surface area (Å²) in [5, 5.41) is 8.27. The summed E-state index contributed by atoms with van der Waals surface area (Å²) in [6.45, 7) is 1.81. The molecule has 4 heteroatoms. The molecule has 1 aromatic rings. The topological polar surface area (TPSA) is 66.0 Å². The van der Waals surface area contributed by atoms with Crippen LogP contribution < -0.4 is 0 Å². The van der Waals surface area contributed by atoms with Crippen molar-refractivity contribution in [2.75, 3.05) is 0 Å². The summed E-state index contributed by atoms with van der Waals surface area (Å²) in [5.74, 6) is 5.00. The number of aromatic amines is 1. The first-order valence-corrected chi connectivity index (χ1v) is 3.41. The Balaban J connectivity index is 2.60. The minimum absolute atomic E-state index is 0.141. The van der Waals surface area contributed by atoms with E-state index in [1.165, 1.54) is 0 Å². The second-order valence-electron chi connectivity index (χ2n) is 2.25. The van der Waals surface area contributed by atoms with Crippen molar-refractivity contribution in [1.29, 1.82) is 0 Å². The number of imidazole rings is 1. The van der Waals surface area contributed by atoms with Crippen LogP contribution in [0.2, 0.25) is 0 Å². The molecule has 0 spiro atoms. The molecule has 0 bridgehead atoms. The lowest BCUT2D eigenvalue weighted by Crippen LogP contribution is -1.90.